The molecule has 4 aliphatic heterocycles. The molecule has 0 bridgehead atoms. The third-order valence-corrected chi connectivity index (χ3v) is 20.2. The molecule has 0 atom stereocenters. The van der Waals surface area contributed by atoms with E-state index in [1.54, 1.807) is 0 Å². The molecule has 0 radical (unpaired) electrons. The van der Waals surface area contributed by atoms with Gasteiger partial charge in [-0.05, 0) is 224 Å². The summed E-state index contributed by atoms with van der Waals surface area (Å²) < 4.78 is 9.64. The number of benzene rings is 9. The molecule has 7 heteroatoms. The second-order valence-electron chi connectivity index (χ2n) is 27.2. The zero-order chi connectivity index (χ0) is 55.2. The van der Waals surface area contributed by atoms with Crippen LogP contribution in [0.25, 0.3) is 16.6 Å². The Bertz CT molecular complexity index is 4340. The summed E-state index contributed by atoms with van der Waals surface area (Å²) in [5.74, 6) is 3.05. The summed E-state index contributed by atoms with van der Waals surface area (Å²) in [5, 5.41) is 1.26. The van der Waals surface area contributed by atoms with Crippen molar-refractivity contribution in [3.05, 3.63) is 215 Å². The fourth-order valence-electron chi connectivity index (χ4n) is 15.9. The van der Waals surface area contributed by atoms with Crippen LogP contribution in [0.4, 0.5) is 51.3 Å². The molecule has 5 nitrogen and oxygen atoms in total. The lowest BCUT2D eigenvalue weighted by Gasteiger charge is -2.47. The molecule has 0 fully saturated rings. The molecule has 5 heterocycles. The highest BCUT2D eigenvalue weighted by Crippen LogP contribution is 2.54. The van der Waals surface area contributed by atoms with Crippen LogP contribution < -0.4 is 52.2 Å². The molecule has 0 spiro atoms. The number of nitrogens with zero attached hydrogens (tertiary/aromatic N) is 4. The van der Waals surface area contributed by atoms with Gasteiger partial charge in [0.1, 0.15) is 17.3 Å². The van der Waals surface area contributed by atoms with Gasteiger partial charge in [-0.25, -0.2) is 0 Å². The van der Waals surface area contributed by atoms with Gasteiger partial charge in [0.05, 0.1) is 5.52 Å². The minimum atomic E-state index is -0.140. The van der Waals surface area contributed by atoms with Crippen molar-refractivity contribution in [3.63, 3.8) is 0 Å². The van der Waals surface area contributed by atoms with E-state index in [0.29, 0.717) is 0 Å². The van der Waals surface area contributed by atoms with Gasteiger partial charge in [-0.15, -0.1) is 0 Å². The zero-order valence-corrected chi connectivity index (χ0v) is 48.5. The molecule has 0 unspecified atom stereocenters. The van der Waals surface area contributed by atoms with Crippen molar-refractivity contribution in [2.75, 3.05) is 14.7 Å². The van der Waals surface area contributed by atoms with Crippen molar-refractivity contribution in [2.24, 2.45) is 0 Å². The third-order valence-electron chi connectivity index (χ3n) is 20.2. The minimum absolute atomic E-state index is 0.00346. The summed E-state index contributed by atoms with van der Waals surface area (Å²) in [5.41, 5.74) is 28.0. The number of para-hydroxylation sites is 4. The minimum Gasteiger partial charge on any atom is -0.458 e. The van der Waals surface area contributed by atoms with Crippen molar-refractivity contribution >= 4 is 108 Å². The van der Waals surface area contributed by atoms with E-state index >= 15 is 0 Å². The van der Waals surface area contributed by atoms with Crippen molar-refractivity contribution in [3.8, 4) is 17.2 Å². The molecule has 0 saturated carbocycles. The molecule has 0 saturated heterocycles. The Morgan fingerprint density at radius 3 is 1.47 bits per heavy atom. The van der Waals surface area contributed by atoms with E-state index in [1.807, 2.05) is 0 Å². The number of rotatable bonds is 4. The molecule has 6 aliphatic rings. The van der Waals surface area contributed by atoms with Gasteiger partial charge in [0.2, 0.25) is 0 Å². The second-order valence-corrected chi connectivity index (χ2v) is 27.2. The van der Waals surface area contributed by atoms with Gasteiger partial charge < -0.3 is 14.5 Å². The average Bonchev–Trinajstić information content (AvgIpc) is 3.98. The van der Waals surface area contributed by atoms with E-state index in [0.717, 1.165) is 42.1 Å². The first-order chi connectivity index (χ1) is 39.0. The van der Waals surface area contributed by atoms with Crippen LogP contribution in [0.5, 0.6) is 11.5 Å². The van der Waals surface area contributed by atoms with E-state index in [-0.39, 0.29) is 35.1 Å². The van der Waals surface area contributed by atoms with Gasteiger partial charge in [-0.3, -0.25) is 9.47 Å². The van der Waals surface area contributed by atoms with Crippen molar-refractivity contribution in [2.45, 2.75) is 117 Å². The molecule has 396 valence electrons. The Kier molecular flexibility index (Phi) is 10.1. The van der Waals surface area contributed by atoms with Crippen LogP contribution >= 0.6 is 0 Å². The number of aromatic nitrogens is 1. The molecular formula is C74H68B2N4O. The Morgan fingerprint density at radius 1 is 0.358 bits per heavy atom. The smallest absolute Gasteiger partial charge is 0.256 e. The molecule has 0 amide bonds. The highest BCUT2D eigenvalue weighted by molar-refractivity contribution is 7.03. The van der Waals surface area contributed by atoms with E-state index in [9.17, 15) is 0 Å². The Labute approximate surface area is 479 Å². The monoisotopic (exact) mass is 1050 g/mol. The van der Waals surface area contributed by atoms with E-state index in [2.05, 4.69) is 270 Å². The van der Waals surface area contributed by atoms with E-state index in [4.69, 9.17) is 4.74 Å². The lowest BCUT2D eigenvalue weighted by Crippen LogP contribution is -2.64. The Morgan fingerprint density at radius 2 is 0.852 bits per heavy atom. The molecule has 9 aromatic carbocycles. The average molecular weight is 1050 g/mol. The van der Waals surface area contributed by atoms with Gasteiger partial charge in [-0.1, -0.05) is 146 Å². The number of fused-ring (bicyclic) bond motifs is 12. The Balaban J connectivity index is 1.06. The van der Waals surface area contributed by atoms with Gasteiger partial charge >= 0.3 is 0 Å². The fourth-order valence-corrected chi connectivity index (χ4v) is 15.9. The molecule has 81 heavy (non-hydrogen) atoms. The first-order valence-corrected chi connectivity index (χ1v) is 29.7. The fraction of sp³-hybridized carbons (Fsp3) is 0.243. The van der Waals surface area contributed by atoms with Crippen LogP contribution in [0.3, 0.4) is 0 Å². The number of hydrogen-bond acceptors (Lipinski definition) is 4. The topological polar surface area (TPSA) is 23.9 Å². The van der Waals surface area contributed by atoms with Gasteiger partial charge in [0, 0.05) is 51.2 Å². The van der Waals surface area contributed by atoms with Crippen LogP contribution in [0.2, 0.25) is 0 Å². The maximum atomic E-state index is 7.09. The predicted molar refractivity (Wildman–Crippen MR) is 343 cm³/mol. The van der Waals surface area contributed by atoms with Crippen LogP contribution in [-0.4, -0.2) is 18.0 Å². The number of anilines is 9. The second kappa shape index (κ2) is 16.7. The van der Waals surface area contributed by atoms with Crippen LogP contribution in [-0.2, 0) is 21.7 Å². The molecular weight excluding hydrogens is 982 g/mol. The molecule has 0 N–H and O–H groups in total. The van der Waals surface area contributed by atoms with E-state index in [1.165, 1.54) is 129 Å². The van der Waals surface area contributed by atoms with Gasteiger partial charge in [0.15, 0.2) is 0 Å². The summed E-state index contributed by atoms with van der Waals surface area (Å²) in [6.45, 7) is 23.9. The van der Waals surface area contributed by atoms with Crippen molar-refractivity contribution in [1.82, 2.24) is 4.57 Å². The summed E-state index contributed by atoms with van der Waals surface area (Å²) in [6.07, 6.45) is 4.61. The number of hydrogen-bond donors (Lipinski definition) is 0. The van der Waals surface area contributed by atoms with E-state index < -0.39 is 0 Å². The first kappa shape index (κ1) is 48.7. The van der Waals surface area contributed by atoms with Crippen molar-refractivity contribution < 1.29 is 4.74 Å². The summed E-state index contributed by atoms with van der Waals surface area (Å²) >= 11 is 0. The van der Waals surface area contributed by atoms with Crippen molar-refractivity contribution in [1.29, 1.82) is 0 Å². The van der Waals surface area contributed by atoms with Crippen LogP contribution in [0.15, 0.2) is 182 Å². The van der Waals surface area contributed by atoms with Gasteiger partial charge in [-0.2, -0.15) is 0 Å². The Hall–Kier alpha value is -8.15. The maximum Gasteiger partial charge on any atom is 0.256 e. The normalized spacial score (nSPS) is 17.7. The van der Waals surface area contributed by atoms with Crippen LogP contribution in [0.1, 0.15) is 114 Å². The maximum absolute atomic E-state index is 7.09. The number of ether oxygens (including phenoxy) is 1. The predicted octanol–water partition coefficient (Wildman–Crippen LogP) is 15.4. The standard InChI is InChI=1S/C74H68B2N4O/c1-45-37-62-68-63(38-45)80(48-23-15-12-16-24-48)70-67(51-25-17-19-27-59(51)79(70)47-21-13-11-14-22-47)76(68)58-43-57-60(44-61(58)77(62)49-29-31-52-54(41-49)73(7,8)35-33-71(52,3)4)78(50-30-32-53-55(42-50)74(9,10)36-34-72(53,5)6)64-39-46(2)40-66-69(64)75(57)56-26-18-20-28-65(56)81-66/h11-32,37-44H,33-36H2,1-10H3. The highest BCUT2D eigenvalue weighted by Gasteiger charge is 2.50. The lowest BCUT2D eigenvalue weighted by atomic mass is 9.30. The molecule has 1 aromatic heterocycles. The lowest BCUT2D eigenvalue weighted by molar-refractivity contribution is 0.332. The highest BCUT2D eigenvalue weighted by atomic mass is 16.5. The largest absolute Gasteiger partial charge is 0.458 e. The quantitative estimate of drug-likeness (QED) is 0.164. The summed E-state index contributed by atoms with van der Waals surface area (Å²) in [4.78, 5) is 7.91. The summed E-state index contributed by atoms with van der Waals surface area (Å²) in [6, 6.07) is 70.1. The van der Waals surface area contributed by atoms with Gasteiger partial charge in [0.25, 0.3) is 13.4 Å². The molecule has 16 rings (SSSR count). The summed E-state index contributed by atoms with van der Waals surface area (Å²) in [7, 11) is 0. The van der Waals surface area contributed by atoms with Crippen LogP contribution in [0, 0.1) is 13.8 Å². The molecule has 10 aromatic rings. The third kappa shape index (κ3) is 6.87. The first-order valence-electron chi connectivity index (χ1n) is 29.7. The SMILES string of the molecule is Cc1cc2c3c(c1)N(c1ccc4c(c1)C(C)(C)CCC4(C)C)c1cc4c(cc1B3c1ccccc1O2)B1c2c(cc(C)cc2N(c2ccccc2)c2c1c1ccccc1n2-c1ccccc1)N4c1ccc2c(c1)C(C)(C)CCC2(C)C. The molecule has 2 aliphatic carbocycles. The number of aryl methyl sites for hydroxylation is 2. The zero-order valence-electron chi connectivity index (χ0n) is 48.5.